The Balaban J connectivity index is 2.80. The molecule has 1 N–H and O–H groups in total. The Bertz CT molecular complexity index is 366. The number of carbonyl (C=O) groups is 1. The van der Waals surface area contributed by atoms with E-state index in [1.165, 1.54) is 0 Å². The van der Waals surface area contributed by atoms with Gasteiger partial charge in [0.05, 0.1) is 0 Å². The molecule has 1 aromatic rings. The summed E-state index contributed by atoms with van der Waals surface area (Å²) in [5, 5.41) is 5.56. The molecule has 0 bridgehead atoms. The maximum absolute atomic E-state index is 11.0. The summed E-state index contributed by atoms with van der Waals surface area (Å²) in [6, 6.07) is 5.14. The third-order valence-corrected chi connectivity index (χ3v) is 1.92. The molecule has 0 fully saturated rings. The highest BCUT2D eigenvalue weighted by molar-refractivity contribution is 6.31. The quantitative estimate of drug-likeness (QED) is 0.782. The molecular formula is C9H9ClN2O2. The summed E-state index contributed by atoms with van der Waals surface area (Å²) in [6.45, 7) is 1.45. The SMILES string of the molecule is Cc1ccc(Cl)cc1NC(=O)CN=O. The molecule has 0 aliphatic carbocycles. The van der Waals surface area contributed by atoms with E-state index in [4.69, 9.17) is 11.6 Å². The minimum atomic E-state index is -0.439. The molecule has 1 amide bonds. The molecule has 4 nitrogen and oxygen atoms in total. The lowest BCUT2D eigenvalue weighted by Gasteiger charge is -2.06. The van der Waals surface area contributed by atoms with Crippen LogP contribution in [0.3, 0.4) is 0 Å². The van der Waals surface area contributed by atoms with Gasteiger partial charge in [-0.3, -0.25) is 4.79 Å². The van der Waals surface area contributed by atoms with Crippen molar-refractivity contribution in [1.82, 2.24) is 0 Å². The van der Waals surface area contributed by atoms with Gasteiger partial charge in [-0.05, 0) is 24.6 Å². The van der Waals surface area contributed by atoms with Gasteiger partial charge in [-0.25, -0.2) is 0 Å². The fourth-order valence-corrected chi connectivity index (χ4v) is 1.15. The number of rotatable bonds is 3. The van der Waals surface area contributed by atoms with Crippen LogP contribution in [-0.4, -0.2) is 12.5 Å². The summed E-state index contributed by atoms with van der Waals surface area (Å²) in [6.07, 6.45) is 0. The Morgan fingerprint density at radius 3 is 2.93 bits per heavy atom. The Hall–Kier alpha value is -1.42. The van der Waals surface area contributed by atoms with Gasteiger partial charge >= 0.3 is 0 Å². The van der Waals surface area contributed by atoms with Crippen LogP contribution in [0, 0.1) is 11.8 Å². The van der Waals surface area contributed by atoms with Gasteiger partial charge < -0.3 is 5.32 Å². The normalized spacial score (nSPS) is 9.57. The number of nitrogens with one attached hydrogen (secondary N) is 1. The number of hydrogen-bond donors (Lipinski definition) is 1. The summed E-state index contributed by atoms with van der Waals surface area (Å²) in [7, 11) is 0. The Labute approximate surface area is 86.2 Å². The van der Waals surface area contributed by atoms with Gasteiger partial charge in [0, 0.05) is 10.7 Å². The molecule has 0 atom stereocenters. The number of nitroso groups, excluding NO2 is 1. The number of amides is 1. The molecule has 1 rings (SSSR count). The molecule has 0 saturated heterocycles. The lowest BCUT2D eigenvalue weighted by molar-refractivity contribution is -0.114. The highest BCUT2D eigenvalue weighted by Crippen LogP contribution is 2.19. The lowest BCUT2D eigenvalue weighted by atomic mass is 10.2. The Morgan fingerprint density at radius 1 is 1.57 bits per heavy atom. The second-order valence-corrected chi connectivity index (χ2v) is 3.23. The summed E-state index contributed by atoms with van der Waals surface area (Å²) in [5.41, 5.74) is 1.49. The van der Waals surface area contributed by atoms with Crippen molar-refractivity contribution >= 4 is 23.2 Å². The molecule has 0 aromatic heterocycles. The smallest absolute Gasteiger partial charge is 0.249 e. The van der Waals surface area contributed by atoms with E-state index >= 15 is 0 Å². The van der Waals surface area contributed by atoms with Gasteiger partial charge in [0.1, 0.15) is 0 Å². The second kappa shape index (κ2) is 4.72. The number of anilines is 1. The molecular weight excluding hydrogens is 204 g/mol. The van der Waals surface area contributed by atoms with Crippen molar-refractivity contribution in [2.24, 2.45) is 5.18 Å². The summed E-state index contributed by atoms with van der Waals surface area (Å²) >= 11 is 5.74. The first-order valence-corrected chi connectivity index (χ1v) is 4.36. The van der Waals surface area contributed by atoms with Crippen LogP contribution in [0.4, 0.5) is 5.69 Å². The number of nitrogens with zero attached hydrogens (tertiary/aromatic N) is 1. The van der Waals surface area contributed by atoms with E-state index in [0.717, 1.165) is 5.56 Å². The molecule has 0 radical (unpaired) electrons. The average molecular weight is 213 g/mol. The molecule has 0 aliphatic heterocycles. The number of aryl methyl sites for hydroxylation is 1. The molecule has 74 valence electrons. The second-order valence-electron chi connectivity index (χ2n) is 2.79. The van der Waals surface area contributed by atoms with Crippen LogP contribution in [0.15, 0.2) is 23.4 Å². The van der Waals surface area contributed by atoms with E-state index < -0.39 is 5.91 Å². The molecule has 0 saturated carbocycles. The highest BCUT2D eigenvalue weighted by atomic mass is 35.5. The molecule has 0 spiro atoms. The fourth-order valence-electron chi connectivity index (χ4n) is 0.977. The van der Waals surface area contributed by atoms with Crippen molar-refractivity contribution in [1.29, 1.82) is 0 Å². The monoisotopic (exact) mass is 212 g/mol. The van der Waals surface area contributed by atoms with Crippen LogP contribution in [0.2, 0.25) is 5.02 Å². The summed E-state index contributed by atoms with van der Waals surface area (Å²) in [4.78, 5) is 20.8. The van der Waals surface area contributed by atoms with Crippen LogP contribution in [0.25, 0.3) is 0 Å². The zero-order chi connectivity index (χ0) is 10.6. The molecule has 0 heterocycles. The van der Waals surface area contributed by atoms with Gasteiger partial charge in [0.25, 0.3) is 0 Å². The van der Waals surface area contributed by atoms with Gasteiger partial charge in [-0.2, -0.15) is 4.91 Å². The topological polar surface area (TPSA) is 58.5 Å². The summed E-state index contributed by atoms with van der Waals surface area (Å²) < 4.78 is 0. The Morgan fingerprint density at radius 2 is 2.29 bits per heavy atom. The van der Waals surface area contributed by atoms with Crippen LogP contribution >= 0.6 is 11.6 Å². The molecule has 5 heteroatoms. The standard InChI is InChI=1S/C9H9ClN2O2/c1-6-2-3-7(10)4-8(6)12-9(13)5-11-14/h2-4H,5H2,1H3,(H,12,13). The van der Waals surface area contributed by atoms with Crippen LogP contribution < -0.4 is 5.32 Å². The van der Waals surface area contributed by atoms with Crippen molar-refractivity contribution in [3.05, 3.63) is 33.7 Å². The lowest BCUT2D eigenvalue weighted by Crippen LogP contribution is -2.15. The molecule has 0 unspecified atom stereocenters. The minimum absolute atomic E-state index is 0.383. The van der Waals surface area contributed by atoms with E-state index in [2.05, 4.69) is 10.5 Å². The van der Waals surface area contributed by atoms with E-state index in [9.17, 15) is 9.70 Å². The maximum atomic E-state index is 11.0. The Kier molecular flexibility index (Phi) is 3.59. The number of carbonyl (C=O) groups excluding carboxylic acids is 1. The third-order valence-electron chi connectivity index (χ3n) is 1.68. The van der Waals surface area contributed by atoms with Crippen molar-refractivity contribution in [3.8, 4) is 0 Å². The predicted molar refractivity (Wildman–Crippen MR) is 55.5 cm³/mol. The van der Waals surface area contributed by atoms with E-state index in [-0.39, 0.29) is 6.54 Å². The van der Waals surface area contributed by atoms with Gasteiger partial charge in [0.2, 0.25) is 5.91 Å². The van der Waals surface area contributed by atoms with Crippen molar-refractivity contribution in [2.75, 3.05) is 11.9 Å². The zero-order valence-electron chi connectivity index (χ0n) is 7.58. The van der Waals surface area contributed by atoms with Gasteiger partial charge in [0.15, 0.2) is 6.54 Å². The van der Waals surface area contributed by atoms with Crippen LogP contribution in [0.5, 0.6) is 0 Å². The first-order chi connectivity index (χ1) is 6.63. The van der Waals surface area contributed by atoms with Crippen molar-refractivity contribution in [2.45, 2.75) is 6.92 Å². The molecule has 0 aliphatic rings. The number of benzene rings is 1. The fraction of sp³-hybridized carbons (Fsp3) is 0.222. The van der Waals surface area contributed by atoms with Crippen molar-refractivity contribution < 1.29 is 4.79 Å². The van der Waals surface area contributed by atoms with Crippen molar-refractivity contribution in [3.63, 3.8) is 0 Å². The first-order valence-electron chi connectivity index (χ1n) is 3.98. The maximum Gasteiger partial charge on any atom is 0.249 e. The van der Waals surface area contributed by atoms with Gasteiger partial charge in [-0.1, -0.05) is 22.8 Å². The minimum Gasteiger partial charge on any atom is -0.324 e. The van der Waals surface area contributed by atoms with Crippen LogP contribution in [0.1, 0.15) is 5.56 Å². The zero-order valence-corrected chi connectivity index (χ0v) is 8.34. The third kappa shape index (κ3) is 2.81. The first kappa shape index (κ1) is 10.7. The summed E-state index contributed by atoms with van der Waals surface area (Å²) in [5.74, 6) is -0.439. The predicted octanol–water partition coefficient (Wildman–Crippen LogP) is 2.35. The highest BCUT2D eigenvalue weighted by Gasteiger charge is 2.04. The molecule has 1 aromatic carbocycles. The van der Waals surface area contributed by atoms with E-state index in [0.29, 0.717) is 10.7 Å². The number of halogens is 1. The van der Waals surface area contributed by atoms with Gasteiger partial charge in [-0.15, -0.1) is 0 Å². The molecule has 14 heavy (non-hydrogen) atoms. The van der Waals surface area contributed by atoms with Crippen LogP contribution in [-0.2, 0) is 4.79 Å². The van der Waals surface area contributed by atoms with E-state index in [1.807, 2.05) is 6.92 Å². The number of hydrogen-bond acceptors (Lipinski definition) is 3. The van der Waals surface area contributed by atoms with E-state index in [1.54, 1.807) is 18.2 Å². The average Bonchev–Trinajstić information content (AvgIpc) is 2.12. The largest absolute Gasteiger partial charge is 0.324 e.